The number of primary amides is 1. The molecule has 4 rings (SSSR count). The van der Waals surface area contributed by atoms with Gasteiger partial charge in [-0.1, -0.05) is 37.2 Å². The van der Waals surface area contributed by atoms with Gasteiger partial charge in [-0.2, -0.15) is 9.97 Å². The second-order valence-corrected chi connectivity index (χ2v) is 7.67. The van der Waals surface area contributed by atoms with E-state index in [4.69, 9.17) is 19.5 Å². The molecule has 9 nitrogen and oxygen atoms in total. The van der Waals surface area contributed by atoms with E-state index in [1.54, 1.807) is 12.1 Å². The van der Waals surface area contributed by atoms with Crippen molar-refractivity contribution in [3.05, 3.63) is 65.6 Å². The van der Waals surface area contributed by atoms with E-state index in [1.807, 2.05) is 32.9 Å². The van der Waals surface area contributed by atoms with Gasteiger partial charge in [0.25, 0.3) is 11.8 Å². The molecule has 2 aromatic heterocycles. The third-order valence-corrected chi connectivity index (χ3v) is 4.91. The topological polar surface area (TPSA) is 130 Å². The second-order valence-electron chi connectivity index (χ2n) is 7.67. The summed E-state index contributed by atoms with van der Waals surface area (Å²) in [5, 5.41) is 7.91. The fourth-order valence-electron chi connectivity index (χ4n) is 3.08. The average molecular weight is 451 g/mol. The molecule has 0 aliphatic carbocycles. The smallest absolute Gasteiger partial charge is 0.268 e. The summed E-state index contributed by atoms with van der Waals surface area (Å²) in [6.45, 7) is 5.88. The summed E-state index contributed by atoms with van der Waals surface area (Å²) in [5.74, 6) is 0.646. The Bertz CT molecular complexity index is 1270. The molecule has 4 aromatic rings. The van der Waals surface area contributed by atoms with Crippen LogP contribution in [0.5, 0.6) is 5.75 Å². The van der Waals surface area contributed by atoms with Gasteiger partial charge in [-0.05, 0) is 42.8 Å². The first-order valence-electron chi connectivity index (χ1n) is 10.4. The minimum atomic E-state index is -0.849. The van der Waals surface area contributed by atoms with Crippen LogP contribution in [0.4, 0.5) is 4.39 Å². The molecule has 10 heteroatoms. The van der Waals surface area contributed by atoms with Crippen LogP contribution in [0.1, 0.15) is 61.4 Å². The van der Waals surface area contributed by atoms with Gasteiger partial charge < -0.3 is 19.5 Å². The van der Waals surface area contributed by atoms with Crippen molar-refractivity contribution in [3.63, 3.8) is 0 Å². The molecular weight excluding hydrogens is 429 g/mol. The number of amides is 1. The maximum Gasteiger partial charge on any atom is 0.268 e. The number of halogens is 1. The molecule has 1 amide bonds. The summed E-state index contributed by atoms with van der Waals surface area (Å²) in [5.41, 5.74) is 6.08. The summed E-state index contributed by atoms with van der Waals surface area (Å²) < 4.78 is 30.7. The van der Waals surface area contributed by atoms with Crippen LogP contribution in [-0.4, -0.2) is 26.2 Å². The van der Waals surface area contributed by atoms with Gasteiger partial charge in [0, 0.05) is 17.0 Å². The summed E-state index contributed by atoms with van der Waals surface area (Å²) >= 11 is 0. The number of carbonyl (C=O) groups excluding carboxylic acids is 1. The first-order valence-corrected chi connectivity index (χ1v) is 10.4. The number of aromatic nitrogens is 4. The predicted molar refractivity (Wildman–Crippen MR) is 116 cm³/mol. The Morgan fingerprint density at radius 2 is 1.61 bits per heavy atom. The molecule has 0 fully saturated rings. The number of nitrogens with two attached hydrogens (primary N) is 1. The molecule has 0 saturated heterocycles. The summed E-state index contributed by atoms with van der Waals surface area (Å²) in [6.07, 6.45) is 0.0468. The van der Waals surface area contributed by atoms with Crippen LogP contribution in [0.2, 0.25) is 0 Å². The number of carbonyl (C=O) groups is 1. The summed E-state index contributed by atoms with van der Waals surface area (Å²) in [6, 6.07) is 11.2. The van der Waals surface area contributed by atoms with Crippen LogP contribution in [0.15, 0.2) is 51.5 Å². The Morgan fingerprint density at radius 3 is 2.18 bits per heavy atom. The Morgan fingerprint density at radius 1 is 1.00 bits per heavy atom. The molecule has 1 unspecified atom stereocenters. The zero-order valence-electron chi connectivity index (χ0n) is 18.3. The van der Waals surface area contributed by atoms with Gasteiger partial charge in [-0.15, -0.1) is 0 Å². The molecule has 2 heterocycles. The Labute approximate surface area is 188 Å². The zero-order chi connectivity index (χ0) is 23.5. The van der Waals surface area contributed by atoms with Crippen molar-refractivity contribution in [2.24, 2.45) is 5.73 Å². The maximum absolute atomic E-state index is 14.1. The van der Waals surface area contributed by atoms with Crippen LogP contribution in [0, 0.1) is 5.82 Å². The fraction of sp³-hybridized carbons (Fsp3) is 0.261. The van der Waals surface area contributed by atoms with E-state index in [1.165, 1.54) is 12.1 Å². The summed E-state index contributed by atoms with van der Waals surface area (Å²) in [4.78, 5) is 19.9. The molecule has 0 spiro atoms. The highest BCUT2D eigenvalue weighted by Crippen LogP contribution is 2.28. The minimum absolute atomic E-state index is 0.149. The Balaban J connectivity index is 1.49. The van der Waals surface area contributed by atoms with Gasteiger partial charge in [-0.3, -0.25) is 4.79 Å². The number of benzene rings is 2. The molecule has 0 bridgehead atoms. The van der Waals surface area contributed by atoms with Gasteiger partial charge in [-0.25, -0.2) is 4.39 Å². The van der Waals surface area contributed by atoms with E-state index in [2.05, 4.69) is 20.3 Å². The van der Waals surface area contributed by atoms with Crippen LogP contribution < -0.4 is 10.5 Å². The molecule has 0 aliphatic rings. The van der Waals surface area contributed by atoms with Crippen molar-refractivity contribution in [1.29, 1.82) is 0 Å². The van der Waals surface area contributed by atoms with Gasteiger partial charge >= 0.3 is 0 Å². The van der Waals surface area contributed by atoms with E-state index < -0.39 is 17.8 Å². The van der Waals surface area contributed by atoms with Crippen molar-refractivity contribution in [2.75, 3.05) is 0 Å². The predicted octanol–water partition coefficient (Wildman–Crippen LogP) is 4.68. The lowest BCUT2D eigenvalue weighted by atomic mass is 10.1. The van der Waals surface area contributed by atoms with Crippen molar-refractivity contribution >= 4 is 5.91 Å². The van der Waals surface area contributed by atoms with Gasteiger partial charge in [0.15, 0.2) is 6.10 Å². The molecule has 0 aliphatic heterocycles. The highest BCUT2D eigenvalue weighted by Gasteiger charge is 2.21. The summed E-state index contributed by atoms with van der Waals surface area (Å²) in [7, 11) is 0. The largest absolute Gasteiger partial charge is 0.481 e. The van der Waals surface area contributed by atoms with Crippen LogP contribution >= 0.6 is 0 Å². The van der Waals surface area contributed by atoms with E-state index in [0.29, 0.717) is 29.4 Å². The standard InChI is InChI=1S/C23H22FN5O4/c1-4-18(23-27-21(29-33-23)14-7-10-16(19(25)30)17(24)11-14)31-15-8-5-13(6-9-15)20-26-22(12(2)3)32-28-20/h5-12,18H,4H2,1-3H3,(H2,25,30). The molecule has 2 N–H and O–H groups in total. The van der Waals surface area contributed by atoms with Gasteiger partial charge in [0.05, 0.1) is 5.56 Å². The second kappa shape index (κ2) is 9.19. The van der Waals surface area contributed by atoms with E-state index >= 15 is 0 Å². The first kappa shape index (κ1) is 22.1. The molecule has 2 aromatic carbocycles. The van der Waals surface area contributed by atoms with Crippen molar-refractivity contribution in [3.8, 4) is 28.5 Å². The highest BCUT2D eigenvalue weighted by atomic mass is 19.1. The van der Waals surface area contributed by atoms with Gasteiger partial charge in [0.2, 0.25) is 17.5 Å². The molecule has 1 atom stereocenters. The minimum Gasteiger partial charge on any atom is -0.481 e. The molecular formula is C23H22FN5O4. The van der Waals surface area contributed by atoms with Crippen LogP contribution in [0.25, 0.3) is 22.8 Å². The Hall–Kier alpha value is -4.08. The van der Waals surface area contributed by atoms with Gasteiger partial charge in [0.1, 0.15) is 11.6 Å². The highest BCUT2D eigenvalue weighted by molar-refractivity contribution is 5.93. The number of ether oxygens (including phenoxy) is 1. The van der Waals surface area contributed by atoms with Crippen molar-refractivity contribution < 1.29 is 23.0 Å². The quantitative estimate of drug-likeness (QED) is 0.409. The number of hydrogen-bond acceptors (Lipinski definition) is 8. The number of hydrogen-bond donors (Lipinski definition) is 1. The third kappa shape index (κ3) is 4.74. The number of rotatable bonds is 8. The molecule has 0 saturated carbocycles. The van der Waals surface area contributed by atoms with Crippen molar-refractivity contribution in [2.45, 2.75) is 39.2 Å². The van der Waals surface area contributed by atoms with E-state index in [-0.39, 0.29) is 23.2 Å². The Kier molecular flexibility index (Phi) is 6.16. The normalized spacial score (nSPS) is 12.2. The maximum atomic E-state index is 14.1. The molecule has 33 heavy (non-hydrogen) atoms. The lowest BCUT2D eigenvalue weighted by Crippen LogP contribution is -2.13. The lowest BCUT2D eigenvalue weighted by molar-refractivity contribution is 0.0996. The van der Waals surface area contributed by atoms with Crippen LogP contribution in [-0.2, 0) is 0 Å². The first-order chi connectivity index (χ1) is 15.9. The van der Waals surface area contributed by atoms with E-state index in [0.717, 1.165) is 11.6 Å². The van der Waals surface area contributed by atoms with Crippen LogP contribution in [0.3, 0.4) is 0 Å². The number of nitrogens with zero attached hydrogens (tertiary/aromatic N) is 4. The molecule has 0 radical (unpaired) electrons. The fourth-order valence-corrected chi connectivity index (χ4v) is 3.08. The monoisotopic (exact) mass is 451 g/mol. The van der Waals surface area contributed by atoms with Crippen molar-refractivity contribution in [1.82, 2.24) is 20.3 Å². The van der Waals surface area contributed by atoms with E-state index in [9.17, 15) is 9.18 Å². The lowest BCUT2D eigenvalue weighted by Gasteiger charge is -2.13. The third-order valence-electron chi connectivity index (χ3n) is 4.91. The SMILES string of the molecule is CCC(Oc1ccc(-c2noc(C(C)C)n2)cc1)c1nc(-c2ccc(C(N)=O)c(F)c2)no1. The molecule has 170 valence electrons. The zero-order valence-corrected chi connectivity index (χ0v) is 18.3. The average Bonchev–Trinajstić information content (AvgIpc) is 3.48.